The fourth-order valence-electron chi connectivity index (χ4n) is 6.03. The van der Waals surface area contributed by atoms with Gasteiger partial charge in [0.05, 0.1) is 10.9 Å². The zero-order valence-corrected chi connectivity index (χ0v) is 26.0. The van der Waals surface area contributed by atoms with E-state index in [1.807, 2.05) is 63.2 Å². The maximum atomic E-state index is 13.6. The van der Waals surface area contributed by atoms with E-state index in [-0.39, 0.29) is 35.2 Å². The molecule has 3 aromatic carbocycles. The second-order valence-corrected chi connectivity index (χ2v) is 12.4. The predicted molar refractivity (Wildman–Crippen MR) is 177 cm³/mol. The summed E-state index contributed by atoms with van der Waals surface area (Å²) in [6.45, 7) is 6.47. The number of carbonyl (C=O) groups is 3. The van der Waals surface area contributed by atoms with Crippen LogP contribution in [0.2, 0.25) is 0 Å². The van der Waals surface area contributed by atoms with E-state index in [1.54, 1.807) is 18.2 Å². The zero-order chi connectivity index (χ0) is 32.1. The molecule has 5 rings (SSSR count). The van der Waals surface area contributed by atoms with Gasteiger partial charge in [-0.3, -0.25) is 29.4 Å². The molecule has 1 atom stereocenters. The van der Waals surface area contributed by atoms with E-state index in [9.17, 15) is 19.2 Å². The van der Waals surface area contributed by atoms with E-state index < -0.39 is 6.04 Å². The maximum absolute atomic E-state index is 13.6. The first-order chi connectivity index (χ1) is 21.6. The van der Waals surface area contributed by atoms with Crippen LogP contribution in [0, 0.1) is 18.8 Å². The number of hydrogen-bond acceptors (Lipinski definition) is 5. The summed E-state index contributed by atoms with van der Waals surface area (Å²) in [5, 5.41) is 14.7. The Labute approximate surface area is 262 Å². The molecular weight excluding hydrogens is 568 g/mol. The minimum Gasteiger partial charge on any atom is -0.350 e. The highest BCUT2D eigenvalue weighted by Crippen LogP contribution is 2.29. The van der Waals surface area contributed by atoms with E-state index in [0.717, 1.165) is 47.9 Å². The van der Waals surface area contributed by atoms with Crippen LogP contribution in [-0.2, 0) is 16.0 Å². The quantitative estimate of drug-likeness (QED) is 0.157. The Hall–Kier alpha value is -4.70. The van der Waals surface area contributed by atoms with Crippen molar-refractivity contribution in [2.24, 2.45) is 17.6 Å². The van der Waals surface area contributed by atoms with Crippen LogP contribution in [-0.4, -0.2) is 46.5 Å². The summed E-state index contributed by atoms with van der Waals surface area (Å²) in [5.41, 5.74) is 11.2. The Kier molecular flexibility index (Phi) is 9.83. The number of benzene rings is 3. The molecule has 1 fully saturated rings. The number of H-pyrrole nitrogens is 2. The van der Waals surface area contributed by atoms with Crippen molar-refractivity contribution in [2.45, 2.75) is 65.0 Å². The molecule has 45 heavy (non-hydrogen) atoms. The molecule has 1 aliphatic rings. The van der Waals surface area contributed by atoms with Gasteiger partial charge in [0.2, 0.25) is 11.8 Å². The summed E-state index contributed by atoms with van der Waals surface area (Å²) >= 11 is 0. The first-order valence-electron chi connectivity index (χ1n) is 15.6. The predicted octanol–water partition coefficient (Wildman–Crippen LogP) is 4.40. The zero-order valence-electron chi connectivity index (χ0n) is 26.0. The van der Waals surface area contributed by atoms with Gasteiger partial charge in [0, 0.05) is 29.6 Å². The van der Waals surface area contributed by atoms with Gasteiger partial charge in [-0.25, -0.2) is 0 Å². The molecule has 1 heterocycles. The SMILES string of the molecule is Cc1cc(C(=O)NC(C)C)ccc1-c1ccc(CC(NC(=O)[C@H]2CC[C@H](CN)CC2)C(=O)Nc2ccc3c(=O)[nH][nH]c3c2)cc1. The lowest BCUT2D eigenvalue weighted by atomic mass is 9.81. The van der Waals surface area contributed by atoms with Crippen molar-refractivity contribution in [3.8, 4) is 11.1 Å². The molecule has 3 amide bonds. The van der Waals surface area contributed by atoms with Crippen molar-refractivity contribution in [1.82, 2.24) is 20.8 Å². The number of aromatic amines is 2. The average molecular weight is 611 g/mol. The van der Waals surface area contributed by atoms with Gasteiger partial charge in [0.25, 0.3) is 11.5 Å². The standard InChI is InChI=1S/C35H42N6O4/c1-20(2)37-33(43)26-12-14-28(21(3)16-26)24-8-4-22(5-9-24)17-31(39-32(42)25-10-6-23(19-36)7-11-25)35(45)38-27-13-15-29-30(18-27)40-41-34(29)44/h4-5,8-9,12-16,18,20,23,25,31H,6-7,10-11,17,19,36H2,1-3H3,(H,37,43)(H,38,45)(H,39,42)(H2,40,41,44)/t23-,25-,31?. The number of amides is 3. The molecule has 0 spiro atoms. The molecule has 0 aliphatic heterocycles. The molecule has 7 N–H and O–H groups in total. The highest BCUT2D eigenvalue weighted by molar-refractivity contribution is 5.99. The van der Waals surface area contributed by atoms with Crippen molar-refractivity contribution in [3.63, 3.8) is 0 Å². The van der Waals surface area contributed by atoms with Crippen LogP contribution in [0.15, 0.2) is 65.5 Å². The number of nitrogens with two attached hydrogens (primary N) is 1. The van der Waals surface area contributed by atoms with Crippen LogP contribution in [0.1, 0.15) is 61.0 Å². The highest BCUT2D eigenvalue weighted by atomic mass is 16.2. The topological polar surface area (TPSA) is 162 Å². The number of hydrogen-bond donors (Lipinski definition) is 6. The minimum atomic E-state index is -0.808. The van der Waals surface area contributed by atoms with Crippen LogP contribution < -0.4 is 27.2 Å². The Morgan fingerprint density at radius 3 is 2.31 bits per heavy atom. The van der Waals surface area contributed by atoms with Crippen LogP contribution in [0.25, 0.3) is 22.0 Å². The van der Waals surface area contributed by atoms with Crippen LogP contribution in [0.4, 0.5) is 5.69 Å². The Morgan fingerprint density at radius 1 is 0.911 bits per heavy atom. The number of anilines is 1. The van der Waals surface area contributed by atoms with E-state index in [2.05, 4.69) is 26.1 Å². The van der Waals surface area contributed by atoms with Gasteiger partial charge >= 0.3 is 0 Å². The molecule has 4 aromatic rings. The molecule has 0 bridgehead atoms. The third kappa shape index (κ3) is 7.69. The molecular formula is C35H42N6O4. The van der Waals surface area contributed by atoms with Crippen molar-refractivity contribution in [2.75, 3.05) is 11.9 Å². The average Bonchev–Trinajstić information content (AvgIpc) is 3.40. The largest absolute Gasteiger partial charge is 0.350 e. The number of aryl methyl sites for hydroxylation is 1. The van der Waals surface area contributed by atoms with Crippen LogP contribution in [0.3, 0.4) is 0 Å². The Morgan fingerprint density at radius 2 is 1.64 bits per heavy atom. The van der Waals surface area contributed by atoms with Gasteiger partial charge in [-0.2, -0.15) is 0 Å². The van der Waals surface area contributed by atoms with E-state index in [4.69, 9.17) is 5.73 Å². The minimum absolute atomic E-state index is 0.0558. The van der Waals surface area contributed by atoms with E-state index >= 15 is 0 Å². The summed E-state index contributed by atoms with van der Waals surface area (Å²) in [6, 6.07) is 17.8. The molecule has 0 radical (unpaired) electrons. The summed E-state index contributed by atoms with van der Waals surface area (Å²) in [4.78, 5) is 51.3. The monoisotopic (exact) mass is 610 g/mol. The molecule has 10 heteroatoms. The molecule has 1 unspecified atom stereocenters. The summed E-state index contributed by atoms with van der Waals surface area (Å²) in [7, 11) is 0. The van der Waals surface area contributed by atoms with Crippen LogP contribution in [0.5, 0.6) is 0 Å². The molecule has 0 saturated heterocycles. The number of nitrogens with one attached hydrogen (secondary N) is 5. The number of fused-ring (bicyclic) bond motifs is 1. The van der Waals surface area contributed by atoms with Gasteiger partial charge in [-0.1, -0.05) is 30.3 Å². The smallest absolute Gasteiger partial charge is 0.271 e. The summed E-state index contributed by atoms with van der Waals surface area (Å²) in [5.74, 6) is -0.273. The highest BCUT2D eigenvalue weighted by Gasteiger charge is 2.29. The summed E-state index contributed by atoms with van der Waals surface area (Å²) < 4.78 is 0. The molecule has 1 aliphatic carbocycles. The van der Waals surface area contributed by atoms with E-state index in [0.29, 0.717) is 41.0 Å². The van der Waals surface area contributed by atoms with Gasteiger partial charge in [-0.05, 0) is 112 Å². The van der Waals surface area contributed by atoms with E-state index in [1.165, 1.54) is 0 Å². The number of carbonyl (C=O) groups excluding carboxylic acids is 3. The van der Waals surface area contributed by atoms with Gasteiger partial charge in [0.15, 0.2) is 0 Å². The number of aromatic nitrogens is 2. The van der Waals surface area contributed by atoms with Gasteiger partial charge < -0.3 is 21.7 Å². The first-order valence-corrected chi connectivity index (χ1v) is 15.6. The maximum Gasteiger partial charge on any atom is 0.271 e. The fourth-order valence-corrected chi connectivity index (χ4v) is 6.03. The fraction of sp³-hybridized carbons (Fsp3) is 0.371. The lowest BCUT2D eigenvalue weighted by molar-refractivity contribution is -0.130. The lowest BCUT2D eigenvalue weighted by Gasteiger charge is -2.28. The normalized spacial score (nSPS) is 17.2. The van der Waals surface area contributed by atoms with Gasteiger partial charge in [0.1, 0.15) is 6.04 Å². The van der Waals surface area contributed by atoms with Gasteiger partial charge in [-0.15, -0.1) is 0 Å². The second-order valence-electron chi connectivity index (χ2n) is 12.4. The Bertz CT molecular complexity index is 1730. The molecule has 10 nitrogen and oxygen atoms in total. The second kappa shape index (κ2) is 13.9. The number of rotatable bonds is 10. The molecule has 236 valence electrons. The molecule has 1 saturated carbocycles. The first kappa shape index (κ1) is 31.7. The third-order valence-electron chi connectivity index (χ3n) is 8.64. The van der Waals surface area contributed by atoms with Crippen molar-refractivity contribution < 1.29 is 14.4 Å². The van der Waals surface area contributed by atoms with Crippen molar-refractivity contribution in [3.05, 3.63) is 87.7 Å². The summed E-state index contributed by atoms with van der Waals surface area (Å²) in [6.07, 6.45) is 3.62. The van der Waals surface area contributed by atoms with Crippen molar-refractivity contribution in [1.29, 1.82) is 0 Å². The van der Waals surface area contributed by atoms with Crippen LogP contribution >= 0.6 is 0 Å². The lowest BCUT2D eigenvalue weighted by Crippen LogP contribution is -2.48. The Balaban J connectivity index is 1.32. The molecule has 1 aromatic heterocycles. The van der Waals surface area contributed by atoms with Crippen molar-refractivity contribution >= 4 is 34.3 Å². The third-order valence-corrected chi connectivity index (χ3v) is 8.64.